The predicted octanol–water partition coefficient (Wildman–Crippen LogP) is 3.49. The van der Waals surface area contributed by atoms with Crippen LogP contribution in [0.4, 0.5) is 5.00 Å². The summed E-state index contributed by atoms with van der Waals surface area (Å²) in [6.07, 6.45) is 0. The second-order valence-corrected chi connectivity index (χ2v) is 5.35. The molecule has 2 heterocycles. The molecule has 0 saturated heterocycles. The van der Waals surface area contributed by atoms with Crippen molar-refractivity contribution in [2.75, 3.05) is 5.73 Å². The second-order valence-electron chi connectivity index (χ2n) is 4.12. The Hall–Kier alpha value is -1.81. The lowest BCUT2D eigenvalue weighted by Gasteiger charge is -1.98. The van der Waals surface area contributed by atoms with Crippen LogP contribution in [0, 0.1) is 13.8 Å². The van der Waals surface area contributed by atoms with E-state index in [0.717, 1.165) is 32.5 Å². The number of nitrogens with zero attached hydrogens (tertiary/aromatic N) is 1. The molecule has 3 nitrogen and oxygen atoms in total. The summed E-state index contributed by atoms with van der Waals surface area (Å²) in [5.74, 6) is 0. The molecule has 0 aliphatic heterocycles. The van der Waals surface area contributed by atoms with Gasteiger partial charge in [0, 0.05) is 22.2 Å². The van der Waals surface area contributed by atoms with Crippen LogP contribution >= 0.6 is 11.3 Å². The molecule has 0 fully saturated rings. The summed E-state index contributed by atoms with van der Waals surface area (Å²) >= 11 is 1.54. The molecule has 0 radical (unpaired) electrons. The number of nitrogen functional groups attached to an aromatic ring is 1. The summed E-state index contributed by atoms with van der Waals surface area (Å²) in [7, 11) is 0. The number of rotatable bonds is 1. The summed E-state index contributed by atoms with van der Waals surface area (Å²) in [5, 5.41) is 2.97. The van der Waals surface area contributed by atoms with E-state index in [1.807, 2.05) is 19.1 Å². The molecule has 0 aliphatic rings. The number of thiazole rings is 1. The molecule has 0 atom stereocenters. The third-order valence-electron chi connectivity index (χ3n) is 2.89. The van der Waals surface area contributed by atoms with E-state index in [9.17, 15) is 0 Å². The smallest absolute Gasteiger partial charge is 0.114 e. The summed E-state index contributed by atoms with van der Waals surface area (Å²) in [4.78, 5) is 7.91. The molecule has 0 amide bonds. The maximum Gasteiger partial charge on any atom is 0.114 e. The van der Waals surface area contributed by atoms with Gasteiger partial charge in [-0.15, -0.1) is 11.3 Å². The number of aryl methyl sites for hydroxylation is 2. The van der Waals surface area contributed by atoms with Crippen LogP contribution in [0.2, 0.25) is 0 Å². The van der Waals surface area contributed by atoms with Crippen molar-refractivity contribution in [3.63, 3.8) is 0 Å². The number of benzene rings is 1. The molecule has 0 spiro atoms. The molecule has 3 aromatic rings. The minimum atomic E-state index is 0.787. The van der Waals surface area contributed by atoms with Gasteiger partial charge in [-0.05, 0) is 19.9 Å². The lowest BCUT2D eigenvalue weighted by Crippen LogP contribution is -1.87. The average molecular weight is 243 g/mol. The van der Waals surface area contributed by atoms with E-state index < -0.39 is 0 Å². The molecular weight excluding hydrogens is 230 g/mol. The number of nitrogens with two attached hydrogens (primary N) is 1. The largest absolute Gasteiger partial charge is 0.389 e. The Morgan fingerprint density at radius 2 is 2.00 bits per heavy atom. The number of hydrogen-bond donors (Lipinski definition) is 2. The Bertz CT molecular complexity index is 694. The molecule has 86 valence electrons. The van der Waals surface area contributed by atoms with Crippen molar-refractivity contribution >= 4 is 27.2 Å². The van der Waals surface area contributed by atoms with Gasteiger partial charge in [0.15, 0.2) is 0 Å². The van der Waals surface area contributed by atoms with E-state index in [1.54, 1.807) is 0 Å². The first-order chi connectivity index (χ1) is 8.16. The van der Waals surface area contributed by atoms with Crippen molar-refractivity contribution in [3.05, 3.63) is 35.0 Å². The number of hydrogen-bond acceptors (Lipinski definition) is 3. The van der Waals surface area contributed by atoms with Crippen LogP contribution in [-0.2, 0) is 0 Å². The third kappa shape index (κ3) is 1.52. The molecule has 0 bridgehead atoms. The fraction of sp³-hybridized carbons (Fsp3) is 0.154. The van der Waals surface area contributed by atoms with Crippen LogP contribution in [0.25, 0.3) is 22.2 Å². The molecule has 0 unspecified atom stereocenters. The molecule has 2 aromatic heterocycles. The number of fused-ring (bicyclic) bond motifs is 1. The highest BCUT2D eigenvalue weighted by Gasteiger charge is 2.15. The minimum absolute atomic E-state index is 0.787. The number of nitrogens with one attached hydrogen (secondary N) is 1. The highest BCUT2D eigenvalue weighted by molar-refractivity contribution is 7.16. The maximum atomic E-state index is 6.03. The quantitative estimate of drug-likeness (QED) is 0.687. The molecule has 4 heteroatoms. The van der Waals surface area contributed by atoms with E-state index in [0.29, 0.717) is 0 Å². The van der Waals surface area contributed by atoms with E-state index >= 15 is 0 Å². The van der Waals surface area contributed by atoms with Gasteiger partial charge in [-0.3, -0.25) is 0 Å². The summed E-state index contributed by atoms with van der Waals surface area (Å²) in [5.41, 5.74) is 10.3. The Morgan fingerprint density at radius 1 is 1.24 bits per heavy atom. The molecule has 17 heavy (non-hydrogen) atoms. The number of aromatic nitrogens is 2. The normalized spacial score (nSPS) is 11.2. The highest BCUT2D eigenvalue weighted by Crippen LogP contribution is 2.37. The molecule has 0 aliphatic carbocycles. The van der Waals surface area contributed by atoms with Crippen molar-refractivity contribution in [2.45, 2.75) is 13.8 Å². The highest BCUT2D eigenvalue weighted by atomic mass is 32.1. The first-order valence-corrected chi connectivity index (χ1v) is 6.29. The number of para-hydroxylation sites is 1. The van der Waals surface area contributed by atoms with Crippen LogP contribution in [0.3, 0.4) is 0 Å². The van der Waals surface area contributed by atoms with Crippen LogP contribution in [0.1, 0.15) is 10.7 Å². The van der Waals surface area contributed by atoms with E-state index in [-0.39, 0.29) is 0 Å². The Labute approximate surface area is 103 Å². The maximum absolute atomic E-state index is 6.03. The van der Waals surface area contributed by atoms with Crippen molar-refractivity contribution in [2.24, 2.45) is 0 Å². The predicted molar refractivity (Wildman–Crippen MR) is 73.3 cm³/mol. The molecular formula is C13H13N3S. The minimum Gasteiger partial charge on any atom is -0.389 e. The van der Waals surface area contributed by atoms with E-state index in [2.05, 4.69) is 29.0 Å². The third-order valence-corrected chi connectivity index (χ3v) is 3.69. The fourth-order valence-corrected chi connectivity index (χ4v) is 2.90. The van der Waals surface area contributed by atoms with Gasteiger partial charge in [-0.2, -0.15) is 0 Å². The van der Waals surface area contributed by atoms with Gasteiger partial charge >= 0.3 is 0 Å². The Morgan fingerprint density at radius 3 is 2.71 bits per heavy atom. The number of H-pyrrole nitrogens is 1. The van der Waals surface area contributed by atoms with Crippen molar-refractivity contribution in [1.82, 2.24) is 9.97 Å². The van der Waals surface area contributed by atoms with Crippen molar-refractivity contribution in [3.8, 4) is 11.3 Å². The zero-order valence-corrected chi connectivity index (χ0v) is 10.6. The first kappa shape index (κ1) is 10.4. The van der Waals surface area contributed by atoms with Crippen LogP contribution in [0.15, 0.2) is 24.3 Å². The average Bonchev–Trinajstić information content (AvgIpc) is 2.77. The summed E-state index contributed by atoms with van der Waals surface area (Å²) in [6, 6.07) is 8.23. The monoisotopic (exact) mass is 243 g/mol. The van der Waals surface area contributed by atoms with Crippen molar-refractivity contribution in [1.29, 1.82) is 0 Å². The topological polar surface area (TPSA) is 54.7 Å². The van der Waals surface area contributed by atoms with Crippen LogP contribution in [0.5, 0.6) is 0 Å². The SMILES string of the molecule is Cc1nc(-c2c(C)[nH]c3ccccc23)c(N)s1. The van der Waals surface area contributed by atoms with E-state index in [4.69, 9.17) is 5.73 Å². The Balaban J connectivity index is 2.37. The van der Waals surface area contributed by atoms with Gasteiger partial charge in [0.05, 0.1) is 5.01 Å². The zero-order valence-electron chi connectivity index (χ0n) is 9.74. The molecule has 3 rings (SSSR count). The van der Waals surface area contributed by atoms with Crippen molar-refractivity contribution < 1.29 is 0 Å². The number of anilines is 1. The van der Waals surface area contributed by atoms with Gasteiger partial charge < -0.3 is 10.7 Å². The number of aromatic amines is 1. The van der Waals surface area contributed by atoms with Gasteiger partial charge in [-0.1, -0.05) is 18.2 Å². The summed E-state index contributed by atoms with van der Waals surface area (Å²) < 4.78 is 0. The van der Waals surface area contributed by atoms with E-state index in [1.165, 1.54) is 16.7 Å². The fourth-order valence-electron chi connectivity index (χ4n) is 2.20. The van der Waals surface area contributed by atoms with Crippen LogP contribution in [-0.4, -0.2) is 9.97 Å². The Kier molecular flexibility index (Phi) is 2.19. The lowest BCUT2D eigenvalue weighted by molar-refractivity contribution is 1.26. The van der Waals surface area contributed by atoms with Crippen LogP contribution < -0.4 is 5.73 Å². The van der Waals surface area contributed by atoms with Gasteiger partial charge in [0.1, 0.15) is 10.7 Å². The molecule has 0 saturated carbocycles. The van der Waals surface area contributed by atoms with Gasteiger partial charge in [0.25, 0.3) is 0 Å². The first-order valence-electron chi connectivity index (χ1n) is 5.47. The standard InChI is InChI=1S/C13H13N3S/c1-7-11(12-13(14)17-8(2)16-12)9-5-3-4-6-10(9)15-7/h3-6,15H,14H2,1-2H3. The second kappa shape index (κ2) is 3.60. The summed E-state index contributed by atoms with van der Waals surface area (Å²) in [6.45, 7) is 4.04. The van der Waals surface area contributed by atoms with Gasteiger partial charge in [0.2, 0.25) is 0 Å². The molecule has 3 N–H and O–H groups in total. The zero-order chi connectivity index (χ0) is 12.0. The lowest BCUT2D eigenvalue weighted by atomic mass is 10.1. The molecule has 1 aromatic carbocycles. The van der Waals surface area contributed by atoms with Gasteiger partial charge in [-0.25, -0.2) is 4.98 Å².